The van der Waals surface area contributed by atoms with Crippen molar-refractivity contribution in [1.82, 2.24) is 0 Å². The Balaban J connectivity index is 1.45. The Bertz CT molecular complexity index is 875. The number of hydrogen-bond acceptors (Lipinski definition) is 7. The summed E-state index contributed by atoms with van der Waals surface area (Å²) in [5.74, 6) is 2.08. The molecule has 2 fully saturated rings. The van der Waals surface area contributed by atoms with E-state index < -0.39 is 5.97 Å². The first-order valence-electron chi connectivity index (χ1n) is 12.9. The summed E-state index contributed by atoms with van der Waals surface area (Å²) in [6, 6.07) is 3.44. The molecule has 0 amide bonds. The molecule has 0 bridgehead atoms. The molecule has 1 aliphatic carbocycles. The van der Waals surface area contributed by atoms with Gasteiger partial charge in [-0.25, -0.2) is 0 Å². The van der Waals surface area contributed by atoms with Gasteiger partial charge in [0.2, 0.25) is 0 Å². The van der Waals surface area contributed by atoms with Gasteiger partial charge < -0.3 is 19.7 Å². The van der Waals surface area contributed by atoms with Crippen LogP contribution in [0.1, 0.15) is 88.1 Å². The molecule has 8 heteroatoms. The molecule has 1 aliphatic heterocycles. The number of carbonyl (C=O) groups excluding carboxylic acids is 1. The van der Waals surface area contributed by atoms with Crippen molar-refractivity contribution < 1.29 is 29.3 Å². The number of phenolic OH excluding ortho intramolecular Hbond substituents is 1. The number of carbonyl (C=O) groups is 2. The van der Waals surface area contributed by atoms with Gasteiger partial charge in [0.25, 0.3) is 0 Å². The number of aliphatic carboxylic acids is 1. The molecule has 1 spiro atoms. The van der Waals surface area contributed by atoms with Crippen molar-refractivity contribution in [2.24, 2.45) is 5.92 Å². The van der Waals surface area contributed by atoms with Gasteiger partial charge in [-0.3, -0.25) is 9.59 Å². The van der Waals surface area contributed by atoms with E-state index in [2.05, 4.69) is 6.92 Å². The summed E-state index contributed by atoms with van der Waals surface area (Å²) in [6.45, 7) is 6.24. The van der Waals surface area contributed by atoms with Crippen LogP contribution in [0.4, 0.5) is 0 Å². The highest BCUT2D eigenvalue weighted by atomic mass is 32.2. The quantitative estimate of drug-likeness (QED) is 0.229. The Morgan fingerprint density at radius 1 is 1.31 bits per heavy atom. The summed E-state index contributed by atoms with van der Waals surface area (Å²) in [7, 11) is 0. The lowest BCUT2D eigenvalue weighted by Gasteiger charge is -2.36. The largest absolute Gasteiger partial charge is 0.507 e. The molecule has 1 heterocycles. The minimum Gasteiger partial charge on any atom is -0.507 e. The van der Waals surface area contributed by atoms with Crippen LogP contribution >= 0.6 is 23.5 Å². The van der Waals surface area contributed by atoms with Crippen LogP contribution < -0.4 is 4.74 Å². The highest BCUT2D eigenvalue weighted by Gasteiger charge is 2.48. The van der Waals surface area contributed by atoms with Crippen LogP contribution in [0.5, 0.6) is 11.5 Å². The Kier molecular flexibility index (Phi) is 10.7. The fraction of sp³-hybridized carbons (Fsp3) is 0.704. The van der Waals surface area contributed by atoms with E-state index in [1.165, 1.54) is 6.92 Å². The number of rotatable bonds is 13. The van der Waals surface area contributed by atoms with Crippen LogP contribution in [0.3, 0.4) is 0 Å². The molecule has 1 saturated carbocycles. The maximum atomic E-state index is 11.7. The summed E-state index contributed by atoms with van der Waals surface area (Å²) in [5.41, 5.74) is 1.07. The molecular weight excluding hydrogens is 484 g/mol. The molecule has 1 saturated heterocycles. The van der Waals surface area contributed by atoms with E-state index in [1.54, 1.807) is 12.1 Å². The lowest BCUT2D eigenvalue weighted by molar-refractivity contribution is -0.139. The van der Waals surface area contributed by atoms with Gasteiger partial charge in [0.15, 0.2) is 5.78 Å². The number of ketones is 1. The average Bonchev–Trinajstić information content (AvgIpc) is 3.14. The molecular formula is C27H40O6S2. The smallest absolute Gasteiger partial charge is 0.303 e. The van der Waals surface area contributed by atoms with Crippen molar-refractivity contribution in [3.63, 3.8) is 0 Å². The van der Waals surface area contributed by atoms with Crippen molar-refractivity contribution >= 4 is 35.3 Å². The minimum atomic E-state index is -0.705. The molecule has 0 aromatic heterocycles. The maximum Gasteiger partial charge on any atom is 0.303 e. The molecule has 0 radical (unpaired) electrons. The molecule has 35 heavy (non-hydrogen) atoms. The third-order valence-corrected chi connectivity index (χ3v) is 9.93. The van der Waals surface area contributed by atoms with Gasteiger partial charge in [-0.1, -0.05) is 20.3 Å². The van der Waals surface area contributed by atoms with Gasteiger partial charge in [0, 0.05) is 23.0 Å². The van der Waals surface area contributed by atoms with Gasteiger partial charge in [-0.2, -0.15) is 11.8 Å². The standard InChI is InChI=1S/C27H40O6S2/c1-4-8-21-23(11-10-20(18(3)28)26(21)31)32-13-7-14-34-17-24-22(5-2)33-27(35-24)12-6-9-19(16-27)15-25(29)30/h10-11,19,22,24,31H,4-9,12-17H2,1-3H3,(H,29,30). The number of ether oxygens (including phenoxy) is 2. The zero-order chi connectivity index (χ0) is 25.4. The predicted molar refractivity (Wildman–Crippen MR) is 143 cm³/mol. The second-order valence-corrected chi connectivity index (χ2v) is 12.4. The summed E-state index contributed by atoms with van der Waals surface area (Å²) in [4.78, 5) is 22.7. The summed E-state index contributed by atoms with van der Waals surface area (Å²) < 4.78 is 12.5. The number of carboxylic acid groups (broad SMARTS) is 1. The monoisotopic (exact) mass is 524 g/mol. The van der Waals surface area contributed by atoms with E-state index in [0.717, 1.165) is 62.0 Å². The minimum absolute atomic E-state index is 0.0531. The average molecular weight is 525 g/mol. The number of Topliss-reactive ketones (excluding diaryl/α,β-unsaturated/α-hetero) is 1. The van der Waals surface area contributed by atoms with Crippen LogP contribution in [-0.4, -0.2) is 56.4 Å². The summed E-state index contributed by atoms with van der Waals surface area (Å²) in [5, 5.41) is 20.1. The van der Waals surface area contributed by atoms with Crippen LogP contribution in [0.15, 0.2) is 12.1 Å². The predicted octanol–water partition coefficient (Wildman–Crippen LogP) is 6.32. The summed E-state index contributed by atoms with van der Waals surface area (Å²) >= 11 is 3.87. The lowest BCUT2D eigenvalue weighted by atomic mass is 9.84. The van der Waals surface area contributed by atoms with E-state index in [9.17, 15) is 19.8 Å². The van der Waals surface area contributed by atoms with Crippen molar-refractivity contribution in [2.75, 3.05) is 18.1 Å². The number of hydrogen-bond donors (Lipinski definition) is 2. The number of thioether (sulfide) groups is 2. The molecule has 2 aliphatic rings. The lowest BCUT2D eigenvalue weighted by Crippen LogP contribution is -2.34. The third-order valence-electron chi connectivity index (χ3n) is 6.87. The topological polar surface area (TPSA) is 93.1 Å². The molecule has 2 N–H and O–H groups in total. The highest BCUT2D eigenvalue weighted by molar-refractivity contribution is 8.04. The molecule has 1 aromatic carbocycles. The highest BCUT2D eigenvalue weighted by Crippen LogP contribution is 2.53. The van der Waals surface area contributed by atoms with Gasteiger partial charge in [-0.05, 0) is 75.7 Å². The molecule has 4 unspecified atom stereocenters. The number of phenols is 1. The Hall–Kier alpha value is -1.38. The Labute approximate surface area is 217 Å². The first kappa shape index (κ1) is 28.2. The SMILES string of the molecule is CCCc1c(OCCCSCC2SC3(CCCC(CC(=O)O)C3)OC2CC)ccc(C(C)=O)c1O. The van der Waals surface area contributed by atoms with Crippen LogP contribution in [0.2, 0.25) is 0 Å². The second-order valence-electron chi connectivity index (χ2n) is 9.71. The van der Waals surface area contributed by atoms with Crippen LogP contribution in [-0.2, 0) is 16.0 Å². The molecule has 6 nitrogen and oxygen atoms in total. The maximum absolute atomic E-state index is 11.7. The number of benzene rings is 1. The van der Waals surface area contributed by atoms with Gasteiger partial charge in [0.1, 0.15) is 16.4 Å². The van der Waals surface area contributed by atoms with Gasteiger partial charge in [-0.15, -0.1) is 11.8 Å². The van der Waals surface area contributed by atoms with E-state index in [1.807, 2.05) is 30.4 Å². The van der Waals surface area contributed by atoms with Crippen LogP contribution in [0.25, 0.3) is 0 Å². The van der Waals surface area contributed by atoms with Crippen molar-refractivity contribution in [1.29, 1.82) is 0 Å². The van der Waals surface area contributed by atoms with E-state index in [-0.39, 0.29) is 34.9 Å². The van der Waals surface area contributed by atoms with E-state index in [4.69, 9.17) is 9.47 Å². The molecule has 1 aromatic rings. The van der Waals surface area contributed by atoms with E-state index in [0.29, 0.717) is 29.6 Å². The first-order valence-corrected chi connectivity index (χ1v) is 15.0. The van der Waals surface area contributed by atoms with Crippen LogP contribution in [0, 0.1) is 5.92 Å². The van der Waals surface area contributed by atoms with Gasteiger partial charge >= 0.3 is 5.97 Å². The molecule has 3 rings (SSSR count). The van der Waals surface area contributed by atoms with Crippen molar-refractivity contribution in [3.05, 3.63) is 23.3 Å². The fourth-order valence-electron chi connectivity index (χ4n) is 5.23. The Morgan fingerprint density at radius 3 is 2.80 bits per heavy atom. The first-order chi connectivity index (χ1) is 16.8. The zero-order valence-electron chi connectivity index (χ0n) is 21.2. The number of aromatic hydroxyl groups is 1. The van der Waals surface area contributed by atoms with E-state index >= 15 is 0 Å². The molecule has 196 valence electrons. The number of carboxylic acids is 1. The normalized spacial score (nSPS) is 26.2. The second kappa shape index (κ2) is 13.2. The zero-order valence-corrected chi connectivity index (χ0v) is 22.8. The third kappa shape index (κ3) is 7.56. The molecule has 4 atom stereocenters. The van der Waals surface area contributed by atoms with Gasteiger partial charge in [0.05, 0.1) is 18.3 Å². The fourth-order valence-corrected chi connectivity index (χ4v) is 8.45. The van der Waals surface area contributed by atoms with Crippen molar-refractivity contribution in [2.45, 2.75) is 94.8 Å². The Morgan fingerprint density at radius 2 is 2.11 bits per heavy atom. The van der Waals surface area contributed by atoms with Crippen molar-refractivity contribution in [3.8, 4) is 11.5 Å². The summed E-state index contributed by atoms with van der Waals surface area (Å²) in [6.07, 6.45) is 7.79.